The second-order valence-corrected chi connectivity index (χ2v) is 3.86. The van der Waals surface area contributed by atoms with Gasteiger partial charge in [-0.15, -0.1) is 0 Å². The maximum Gasteiger partial charge on any atom is 0.340 e. The summed E-state index contributed by atoms with van der Waals surface area (Å²) in [7, 11) is 0. The molecule has 15 heavy (non-hydrogen) atoms. The molecule has 0 unspecified atom stereocenters. The Bertz CT molecular complexity index is 532. The van der Waals surface area contributed by atoms with Crippen LogP contribution in [0.5, 0.6) is 0 Å². The monoisotopic (exact) mass is 243 g/mol. The zero-order chi connectivity index (χ0) is 10.8. The molecule has 0 bridgehead atoms. The summed E-state index contributed by atoms with van der Waals surface area (Å²) in [5.41, 5.74) is 0.622. The minimum atomic E-state index is -0.315. The minimum absolute atomic E-state index is 0.315. The Hall–Kier alpha value is -1.26. The van der Waals surface area contributed by atoms with Crippen LogP contribution < -0.4 is 5.69 Å². The highest BCUT2D eigenvalue weighted by molar-refractivity contribution is 6.42. The summed E-state index contributed by atoms with van der Waals surface area (Å²) in [4.78, 5) is 13.3. The Balaban J connectivity index is 2.24. The Morgan fingerprint density at radius 2 is 2.07 bits per heavy atom. The summed E-state index contributed by atoms with van der Waals surface area (Å²) in [6.45, 7) is 0. The van der Waals surface area contributed by atoms with Crippen molar-refractivity contribution in [3.8, 4) is 0 Å². The van der Waals surface area contributed by atoms with E-state index in [4.69, 9.17) is 23.2 Å². The quantitative estimate of drug-likeness (QED) is 0.848. The van der Waals surface area contributed by atoms with Crippen molar-refractivity contribution in [2.45, 2.75) is 6.42 Å². The maximum atomic E-state index is 10.8. The molecule has 0 spiro atoms. The number of hydrogen-bond acceptors (Lipinski definition) is 2. The average molecular weight is 244 g/mol. The predicted octanol–water partition coefficient (Wildman–Crippen LogP) is 2.00. The van der Waals surface area contributed by atoms with Crippen LogP contribution in [0.1, 0.15) is 11.4 Å². The molecule has 2 aromatic rings. The highest BCUT2D eigenvalue weighted by Crippen LogP contribution is 2.23. The van der Waals surface area contributed by atoms with Crippen LogP contribution in [0.15, 0.2) is 23.0 Å². The molecule has 0 aliphatic heterocycles. The molecule has 6 heteroatoms. The smallest absolute Gasteiger partial charge is 0.293 e. The van der Waals surface area contributed by atoms with E-state index in [1.54, 1.807) is 12.1 Å². The van der Waals surface area contributed by atoms with E-state index < -0.39 is 0 Å². The van der Waals surface area contributed by atoms with Crippen LogP contribution in [0.2, 0.25) is 10.0 Å². The van der Waals surface area contributed by atoms with E-state index in [0.717, 1.165) is 5.56 Å². The first-order valence-corrected chi connectivity index (χ1v) is 4.98. The number of nitrogens with one attached hydrogen (secondary N) is 2. The number of halogens is 2. The van der Waals surface area contributed by atoms with Gasteiger partial charge in [-0.3, -0.25) is 4.98 Å². The number of H-pyrrole nitrogens is 2. The summed E-state index contributed by atoms with van der Waals surface area (Å²) in [6, 6.07) is 5.29. The van der Waals surface area contributed by atoms with Crippen molar-refractivity contribution in [1.82, 2.24) is 15.2 Å². The Kier molecular flexibility index (Phi) is 2.79. The SMILES string of the molecule is O=c1[nH]nc(Cc2ccc(Cl)c(Cl)c2)[nH]1. The van der Waals surface area contributed by atoms with Crippen LogP contribution in [-0.4, -0.2) is 15.2 Å². The van der Waals surface area contributed by atoms with Gasteiger partial charge in [-0.1, -0.05) is 29.3 Å². The molecule has 0 radical (unpaired) electrons. The fourth-order valence-electron chi connectivity index (χ4n) is 1.23. The molecule has 0 aliphatic carbocycles. The van der Waals surface area contributed by atoms with E-state index in [1.165, 1.54) is 0 Å². The van der Waals surface area contributed by atoms with Gasteiger partial charge < -0.3 is 0 Å². The molecule has 1 aromatic heterocycles. The van der Waals surface area contributed by atoms with Crippen LogP contribution >= 0.6 is 23.2 Å². The van der Waals surface area contributed by atoms with E-state index in [1.807, 2.05) is 6.07 Å². The normalized spacial score (nSPS) is 10.5. The van der Waals surface area contributed by atoms with Gasteiger partial charge in [0.25, 0.3) is 0 Å². The molecule has 78 valence electrons. The molecule has 4 nitrogen and oxygen atoms in total. The third-order valence-electron chi connectivity index (χ3n) is 1.91. The van der Waals surface area contributed by atoms with Gasteiger partial charge in [0.15, 0.2) is 0 Å². The topological polar surface area (TPSA) is 61.5 Å². The van der Waals surface area contributed by atoms with Crippen molar-refractivity contribution >= 4 is 23.2 Å². The van der Waals surface area contributed by atoms with Crippen molar-refractivity contribution in [2.75, 3.05) is 0 Å². The van der Waals surface area contributed by atoms with Crippen LogP contribution in [0.3, 0.4) is 0 Å². The first-order valence-electron chi connectivity index (χ1n) is 4.22. The van der Waals surface area contributed by atoms with E-state index >= 15 is 0 Å². The van der Waals surface area contributed by atoms with Gasteiger partial charge in [-0.2, -0.15) is 5.10 Å². The van der Waals surface area contributed by atoms with Gasteiger partial charge in [0.1, 0.15) is 5.82 Å². The van der Waals surface area contributed by atoms with Gasteiger partial charge in [-0.25, -0.2) is 9.89 Å². The van der Waals surface area contributed by atoms with Gasteiger partial charge in [-0.05, 0) is 17.7 Å². The summed E-state index contributed by atoms with van der Waals surface area (Å²) >= 11 is 11.6. The molecular weight excluding hydrogens is 237 g/mol. The fourth-order valence-corrected chi connectivity index (χ4v) is 1.55. The standard InChI is InChI=1S/C9H7Cl2N3O/c10-6-2-1-5(3-7(6)11)4-8-12-9(15)14-13-8/h1-3H,4H2,(H2,12,13,14,15). The zero-order valence-electron chi connectivity index (χ0n) is 7.55. The lowest BCUT2D eigenvalue weighted by Crippen LogP contribution is -2.01. The van der Waals surface area contributed by atoms with Gasteiger partial charge >= 0.3 is 5.69 Å². The molecule has 2 rings (SSSR count). The predicted molar refractivity (Wildman–Crippen MR) is 58.5 cm³/mol. The van der Waals surface area contributed by atoms with Gasteiger partial charge in [0.2, 0.25) is 0 Å². The number of hydrogen-bond donors (Lipinski definition) is 2. The van der Waals surface area contributed by atoms with E-state index in [2.05, 4.69) is 15.2 Å². The highest BCUT2D eigenvalue weighted by Gasteiger charge is 2.03. The number of nitrogens with zero attached hydrogens (tertiary/aromatic N) is 1. The lowest BCUT2D eigenvalue weighted by atomic mass is 10.1. The third kappa shape index (κ3) is 2.40. The molecule has 2 N–H and O–H groups in total. The summed E-state index contributed by atoms with van der Waals surface area (Å²) < 4.78 is 0. The first kappa shape index (κ1) is 10.3. The molecule has 0 atom stereocenters. The Morgan fingerprint density at radius 1 is 1.27 bits per heavy atom. The number of benzene rings is 1. The fraction of sp³-hybridized carbons (Fsp3) is 0.111. The lowest BCUT2D eigenvalue weighted by Gasteiger charge is -2.00. The Labute approximate surface area is 95.2 Å². The minimum Gasteiger partial charge on any atom is -0.293 e. The van der Waals surface area contributed by atoms with E-state index in [9.17, 15) is 4.79 Å². The van der Waals surface area contributed by atoms with Crippen molar-refractivity contribution in [2.24, 2.45) is 0 Å². The van der Waals surface area contributed by atoms with Crippen LogP contribution in [-0.2, 0) is 6.42 Å². The van der Waals surface area contributed by atoms with Crippen molar-refractivity contribution in [1.29, 1.82) is 0 Å². The first-order chi connectivity index (χ1) is 7.15. The molecule has 0 amide bonds. The van der Waals surface area contributed by atoms with E-state index in [-0.39, 0.29) is 5.69 Å². The number of aromatic amines is 2. The summed E-state index contributed by atoms with van der Waals surface area (Å²) in [6.07, 6.45) is 0.510. The molecule has 0 fully saturated rings. The van der Waals surface area contributed by atoms with Crippen LogP contribution in [0.4, 0.5) is 0 Å². The van der Waals surface area contributed by atoms with Crippen molar-refractivity contribution in [3.05, 3.63) is 50.1 Å². The molecular formula is C9H7Cl2N3O. The van der Waals surface area contributed by atoms with Crippen LogP contribution in [0, 0.1) is 0 Å². The van der Waals surface area contributed by atoms with Crippen LogP contribution in [0.25, 0.3) is 0 Å². The zero-order valence-corrected chi connectivity index (χ0v) is 9.06. The second-order valence-electron chi connectivity index (χ2n) is 3.05. The second kappa shape index (κ2) is 4.08. The number of aromatic nitrogens is 3. The highest BCUT2D eigenvalue weighted by atomic mass is 35.5. The molecule has 1 aromatic carbocycles. The van der Waals surface area contributed by atoms with Gasteiger partial charge in [0.05, 0.1) is 10.0 Å². The van der Waals surface area contributed by atoms with Crippen molar-refractivity contribution in [3.63, 3.8) is 0 Å². The largest absolute Gasteiger partial charge is 0.340 e. The summed E-state index contributed by atoms with van der Waals surface area (Å²) in [5.74, 6) is 0.568. The van der Waals surface area contributed by atoms with Gasteiger partial charge in [0, 0.05) is 6.42 Å². The third-order valence-corrected chi connectivity index (χ3v) is 2.64. The lowest BCUT2D eigenvalue weighted by molar-refractivity contribution is 0.970. The van der Waals surface area contributed by atoms with Crippen molar-refractivity contribution < 1.29 is 0 Å². The average Bonchev–Trinajstić information content (AvgIpc) is 2.58. The molecule has 0 saturated heterocycles. The molecule has 0 saturated carbocycles. The summed E-state index contributed by atoms with van der Waals surface area (Å²) in [5, 5.41) is 7.09. The maximum absolute atomic E-state index is 10.8. The Morgan fingerprint density at radius 3 is 2.67 bits per heavy atom. The number of rotatable bonds is 2. The molecule has 0 aliphatic rings. The van der Waals surface area contributed by atoms with E-state index in [0.29, 0.717) is 22.3 Å². The molecule has 1 heterocycles.